The summed E-state index contributed by atoms with van der Waals surface area (Å²) in [4.78, 5) is 14.7. The van der Waals surface area contributed by atoms with Crippen molar-refractivity contribution in [2.45, 2.75) is 46.1 Å². The van der Waals surface area contributed by atoms with Crippen molar-refractivity contribution < 1.29 is 4.79 Å². The lowest BCUT2D eigenvalue weighted by molar-refractivity contribution is -0.135. The van der Waals surface area contributed by atoms with Gasteiger partial charge in [-0.2, -0.15) is 0 Å². The van der Waals surface area contributed by atoms with Crippen LogP contribution in [-0.4, -0.2) is 10.8 Å². The molecule has 0 saturated carbocycles. The van der Waals surface area contributed by atoms with Gasteiger partial charge in [0.15, 0.2) is 0 Å². The number of hydrogen-bond acceptors (Lipinski definition) is 1. The Bertz CT molecular complexity index is 532. The molecule has 0 bridgehead atoms. The quantitative estimate of drug-likeness (QED) is 0.790. The first-order valence-electron chi connectivity index (χ1n) is 7.74. The molecule has 2 nitrogen and oxygen atoms in total. The zero-order valence-electron chi connectivity index (χ0n) is 12.4. The number of benzene rings is 1. The van der Waals surface area contributed by atoms with Crippen LogP contribution in [0.4, 0.5) is 0 Å². The monoisotopic (exact) mass is 269 g/mol. The van der Waals surface area contributed by atoms with Crippen molar-refractivity contribution in [2.75, 3.05) is 0 Å². The van der Waals surface area contributed by atoms with E-state index in [9.17, 15) is 4.79 Å². The van der Waals surface area contributed by atoms with Crippen LogP contribution in [0.1, 0.15) is 45.1 Å². The van der Waals surface area contributed by atoms with Crippen molar-refractivity contribution in [3.63, 3.8) is 0 Å². The topological polar surface area (TPSA) is 20.3 Å². The Labute approximate surface area is 121 Å². The molecule has 0 aromatic heterocycles. The van der Waals surface area contributed by atoms with Gasteiger partial charge >= 0.3 is 0 Å². The molecule has 1 aliphatic carbocycles. The molecule has 0 fully saturated rings. The van der Waals surface area contributed by atoms with Gasteiger partial charge < -0.3 is 4.90 Å². The van der Waals surface area contributed by atoms with Crippen molar-refractivity contribution in [2.24, 2.45) is 11.8 Å². The van der Waals surface area contributed by atoms with E-state index in [-0.39, 0.29) is 5.92 Å². The summed E-state index contributed by atoms with van der Waals surface area (Å²) in [5, 5.41) is 0. The summed E-state index contributed by atoms with van der Waals surface area (Å²) >= 11 is 0. The molecule has 0 spiro atoms. The Morgan fingerprint density at radius 3 is 2.65 bits per heavy atom. The van der Waals surface area contributed by atoms with Crippen molar-refractivity contribution in [1.82, 2.24) is 4.90 Å². The van der Waals surface area contributed by atoms with Crippen LogP contribution in [0, 0.1) is 11.8 Å². The van der Waals surface area contributed by atoms with Gasteiger partial charge in [0, 0.05) is 11.6 Å². The first-order valence-corrected chi connectivity index (χ1v) is 7.74. The smallest absolute Gasteiger partial charge is 0.230 e. The van der Waals surface area contributed by atoms with Crippen molar-refractivity contribution in [3.05, 3.63) is 47.2 Å². The van der Waals surface area contributed by atoms with E-state index in [0.29, 0.717) is 11.8 Å². The number of carbonyl (C=O) groups is 1. The summed E-state index contributed by atoms with van der Waals surface area (Å²) in [6.07, 6.45) is 4.65. The summed E-state index contributed by atoms with van der Waals surface area (Å²) < 4.78 is 0. The van der Waals surface area contributed by atoms with Crippen LogP contribution in [0.2, 0.25) is 0 Å². The molecule has 1 aromatic rings. The van der Waals surface area contributed by atoms with Crippen LogP contribution in [0.25, 0.3) is 0 Å². The summed E-state index contributed by atoms with van der Waals surface area (Å²) in [6.45, 7) is 5.08. The third kappa shape index (κ3) is 2.39. The molecular formula is C18H23NO. The second-order valence-corrected chi connectivity index (χ2v) is 6.30. The van der Waals surface area contributed by atoms with Crippen molar-refractivity contribution in [3.8, 4) is 0 Å². The van der Waals surface area contributed by atoms with Crippen LogP contribution in [0.3, 0.4) is 0 Å². The molecule has 0 unspecified atom stereocenters. The highest BCUT2D eigenvalue weighted by atomic mass is 16.2. The van der Waals surface area contributed by atoms with Gasteiger partial charge in [0.25, 0.3) is 0 Å². The van der Waals surface area contributed by atoms with E-state index in [1.54, 1.807) is 0 Å². The molecule has 2 heteroatoms. The zero-order chi connectivity index (χ0) is 14.1. The molecule has 2 aliphatic rings. The Balaban J connectivity index is 1.94. The third-order valence-electron chi connectivity index (χ3n) is 4.66. The van der Waals surface area contributed by atoms with E-state index >= 15 is 0 Å². The molecule has 0 N–H and O–H groups in total. The van der Waals surface area contributed by atoms with E-state index < -0.39 is 0 Å². The van der Waals surface area contributed by atoms with Gasteiger partial charge in [-0.3, -0.25) is 4.79 Å². The fourth-order valence-corrected chi connectivity index (χ4v) is 3.67. The largest absolute Gasteiger partial charge is 0.311 e. The fourth-order valence-electron chi connectivity index (χ4n) is 3.67. The molecule has 1 heterocycles. The van der Waals surface area contributed by atoms with Crippen molar-refractivity contribution >= 4 is 5.91 Å². The lowest BCUT2D eigenvalue weighted by Gasteiger charge is -2.40. The minimum absolute atomic E-state index is 0.141. The Hall–Kier alpha value is -1.57. The van der Waals surface area contributed by atoms with E-state index in [0.717, 1.165) is 13.0 Å². The first kappa shape index (κ1) is 13.4. The van der Waals surface area contributed by atoms with Gasteiger partial charge in [-0.25, -0.2) is 0 Å². The second kappa shape index (κ2) is 5.43. The number of hydrogen-bond donors (Lipinski definition) is 0. The summed E-state index contributed by atoms with van der Waals surface area (Å²) in [7, 11) is 0. The molecule has 1 aliphatic heterocycles. The van der Waals surface area contributed by atoms with Crippen LogP contribution < -0.4 is 0 Å². The maximum absolute atomic E-state index is 12.6. The van der Waals surface area contributed by atoms with Gasteiger partial charge in [-0.15, -0.1) is 0 Å². The summed E-state index contributed by atoms with van der Waals surface area (Å²) in [6, 6.07) is 10.3. The van der Waals surface area contributed by atoms with E-state index in [1.165, 1.54) is 36.1 Å². The number of carbonyl (C=O) groups excluding carboxylic acids is 1. The zero-order valence-corrected chi connectivity index (χ0v) is 12.4. The molecule has 2 atom stereocenters. The number of rotatable bonds is 2. The molecule has 106 valence electrons. The highest BCUT2D eigenvalue weighted by molar-refractivity contribution is 5.82. The molecule has 1 aromatic carbocycles. The molecule has 0 saturated heterocycles. The number of allylic oxidation sites excluding steroid dienone is 2. The van der Waals surface area contributed by atoms with Crippen LogP contribution >= 0.6 is 0 Å². The molecule has 0 radical (unpaired) electrons. The summed E-state index contributed by atoms with van der Waals surface area (Å²) in [5.41, 5.74) is 4.09. The highest BCUT2D eigenvalue weighted by Gasteiger charge is 2.35. The third-order valence-corrected chi connectivity index (χ3v) is 4.66. The minimum Gasteiger partial charge on any atom is -0.311 e. The van der Waals surface area contributed by atoms with Gasteiger partial charge in [-0.1, -0.05) is 44.2 Å². The van der Waals surface area contributed by atoms with Gasteiger partial charge in [0.2, 0.25) is 5.91 Å². The van der Waals surface area contributed by atoms with Gasteiger partial charge in [0.1, 0.15) is 0 Å². The Kier molecular flexibility index (Phi) is 3.64. The maximum Gasteiger partial charge on any atom is 0.230 e. The lowest BCUT2D eigenvalue weighted by atomic mass is 9.80. The predicted molar refractivity (Wildman–Crippen MR) is 80.8 cm³/mol. The molecule has 3 rings (SSSR count). The summed E-state index contributed by atoms with van der Waals surface area (Å²) in [5.74, 6) is 0.975. The molecule has 20 heavy (non-hydrogen) atoms. The SMILES string of the molecule is C[C@@H]1CCCC2=C1N(Cc1ccccc1)C(=O)[C@@H](C)C2. The number of amides is 1. The second-order valence-electron chi connectivity index (χ2n) is 6.30. The van der Waals surface area contributed by atoms with Crippen LogP contribution in [0.15, 0.2) is 41.6 Å². The van der Waals surface area contributed by atoms with Gasteiger partial charge in [-0.05, 0) is 42.7 Å². The standard InChI is InChI=1S/C18H23NO/c1-13-7-6-10-16-11-14(2)18(20)19(17(13)16)12-15-8-4-3-5-9-15/h3-5,8-9,13-14H,6-7,10-12H2,1-2H3/t13-,14+/m1/s1. The van der Waals surface area contributed by atoms with E-state index in [2.05, 4.69) is 30.9 Å². The Morgan fingerprint density at radius 2 is 1.90 bits per heavy atom. The maximum atomic E-state index is 12.6. The Morgan fingerprint density at radius 1 is 1.15 bits per heavy atom. The number of nitrogens with zero attached hydrogens (tertiary/aromatic N) is 1. The average Bonchev–Trinajstić information content (AvgIpc) is 2.45. The molecular weight excluding hydrogens is 246 g/mol. The van der Waals surface area contributed by atoms with Gasteiger partial charge in [0.05, 0.1) is 6.54 Å². The normalized spacial score (nSPS) is 26.7. The van der Waals surface area contributed by atoms with E-state index in [1.807, 2.05) is 18.2 Å². The first-order chi connectivity index (χ1) is 9.66. The van der Waals surface area contributed by atoms with E-state index in [4.69, 9.17) is 0 Å². The van der Waals surface area contributed by atoms with Crippen molar-refractivity contribution in [1.29, 1.82) is 0 Å². The van der Waals surface area contributed by atoms with Crippen LogP contribution in [-0.2, 0) is 11.3 Å². The molecule has 1 amide bonds. The fraction of sp³-hybridized carbons (Fsp3) is 0.500. The lowest BCUT2D eigenvalue weighted by Crippen LogP contribution is -2.41. The highest BCUT2D eigenvalue weighted by Crippen LogP contribution is 2.40. The average molecular weight is 269 g/mol. The minimum atomic E-state index is 0.141. The predicted octanol–water partition coefficient (Wildman–Crippen LogP) is 4.13. The van der Waals surface area contributed by atoms with Crippen LogP contribution in [0.5, 0.6) is 0 Å².